The summed E-state index contributed by atoms with van der Waals surface area (Å²) in [5, 5.41) is 12.1. The second-order valence-corrected chi connectivity index (χ2v) is 6.54. The lowest BCUT2D eigenvalue weighted by molar-refractivity contribution is -0.142. The number of carbonyl (C=O) groups excluding carboxylic acids is 1. The SMILES string of the molecule is CC(CNC(=O)N1CCC(C)C1C(=O)O)CN1CCCC1. The molecule has 2 saturated heterocycles. The van der Waals surface area contributed by atoms with Crippen molar-refractivity contribution in [2.24, 2.45) is 11.8 Å². The molecule has 3 unspecified atom stereocenters. The summed E-state index contributed by atoms with van der Waals surface area (Å²) in [6.07, 6.45) is 3.30. The number of amides is 2. The molecular weight excluding hydrogens is 270 g/mol. The third-order valence-corrected chi connectivity index (χ3v) is 4.58. The average Bonchev–Trinajstić information content (AvgIpc) is 3.05. The molecule has 2 aliphatic heterocycles. The first kappa shape index (κ1) is 16.1. The number of nitrogens with one attached hydrogen (secondary N) is 1. The second kappa shape index (κ2) is 7.11. The Bertz CT molecular complexity index is 382. The van der Waals surface area contributed by atoms with Gasteiger partial charge < -0.3 is 20.2 Å². The van der Waals surface area contributed by atoms with E-state index in [-0.39, 0.29) is 11.9 Å². The van der Waals surface area contributed by atoms with Crippen molar-refractivity contribution < 1.29 is 14.7 Å². The Kier molecular flexibility index (Phi) is 5.45. The fraction of sp³-hybridized carbons (Fsp3) is 0.867. The highest BCUT2D eigenvalue weighted by molar-refractivity contribution is 5.83. The zero-order valence-corrected chi connectivity index (χ0v) is 13.0. The van der Waals surface area contributed by atoms with Crippen LogP contribution in [0.1, 0.15) is 33.1 Å². The topological polar surface area (TPSA) is 72.9 Å². The first-order chi connectivity index (χ1) is 9.99. The van der Waals surface area contributed by atoms with E-state index >= 15 is 0 Å². The van der Waals surface area contributed by atoms with Crippen LogP contribution in [0.2, 0.25) is 0 Å². The first-order valence-electron chi connectivity index (χ1n) is 7.98. The monoisotopic (exact) mass is 297 g/mol. The number of hydrogen-bond donors (Lipinski definition) is 2. The molecule has 21 heavy (non-hydrogen) atoms. The maximum Gasteiger partial charge on any atom is 0.326 e. The number of rotatable bonds is 5. The summed E-state index contributed by atoms with van der Waals surface area (Å²) in [5.41, 5.74) is 0. The predicted octanol–water partition coefficient (Wildman–Crippen LogP) is 1.22. The largest absolute Gasteiger partial charge is 0.480 e. The van der Waals surface area contributed by atoms with E-state index in [4.69, 9.17) is 0 Å². The lowest BCUT2D eigenvalue weighted by Gasteiger charge is -2.25. The van der Waals surface area contributed by atoms with Gasteiger partial charge in [-0.3, -0.25) is 0 Å². The maximum atomic E-state index is 12.2. The van der Waals surface area contributed by atoms with Crippen LogP contribution >= 0.6 is 0 Å². The van der Waals surface area contributed by atoms with Gasteiger partial charge in [-0.1, -0.05) is 13.8 Å². The van der Waals surface area contributed by atoms with Gasteiger partial charge >= 0.3 is 12.0 Å². The van der Waals surface area contributed by atoms with E-state index in [1.54, 1.807) is 0 Å². The van der Waals surface area contributed by atoms with Crippen molar-refractivity contribution >= 4 is 12.0 Å². The Balaban J connectivity index is 1.77. The molecule has 2 aliphatic rings. The Morgan fingerprint density at radius 3 is 2.57 bits per heavy atom. The van der Waals surface area contributed by atoms with Crippen LogP contribution < -0.4 is 5.32 Å². The third-order valence-electron chi connectivity index (χ3n) is 4.58. The van der Waals surface area contributed by atoms with Crippen molar-refractivity contribution in [2.75, 3.05) is 32.7 Å². The summed E-state index contributed by atoms with van der Waals surface area (Å²) in [5.74, 6) is -0.495. The van der Waals surface area contributed by atoms with Gasteiger partial charge in [0.1, 0.15) is 6.04 Å². The van der Waals surface area contributed by atoms with E-state index in [2.05, 4.69) is 17.1 Å². The van der Waals surface area contributed by atoms with Crippen molar-refractivity contribution in [3.63, 3.8) is 0 Å². The van der Waals surface area contributed by atoms with E-state index in [9.17, 15) is 14.7 Å². The average molecular weight is 297 g/mol. The van der Waals surface area contributed by atoms with Crippen LogP contribution in [-0.4, -0.2) is 65.7 Å². The zero-order valence-electron chi connectivity index (χ0n) is 13.0. The minimum atomic E-state index is -0.903. The number of carboxylic acids is 1. The molecule has 2 fully saturated rings. The minimum absolute atomic E-state index is 0.0234. The lowest BCUT2D eigenvalue weighted by Crippen LogP contribution is -2.48. The van der Waals surface area contributed by atoms with Crippen LogP contribution in [0.5, 0.6) is 0 Å². The Hall–Kier alpha value is -1.30. The number of aliphatic carboxylic acids is 1. The Labute approximate surface area is 126 Å². The van der Waals surface area contributed by atoms with Gasteiger partial charge in [-0.2, -0.15) is 0 Å². The second-order valence-electron chi connectivity index (χ2n) is 6.54. The molecule has 0 bridgehead atoms. The number of urea groups is 1. The van der Waals surface area contributed by atoms with E-state index in [1.807, 2.05) is 6.92 Å². The molecule has 0 spiro atoms. The lowest BCUT2D eigenvalue weighted by atomic mass is 10.0. The number of nitrogens with zero attached hydrogens (tertiary/aromatic N) is 2. The van der Waals surface area contributed by atoms with Crippen LogP contribution in [-0.2, 0) is 4.79 Å². The molecule has 120 valence electrons. The van der Waals surface area contributed by atoms with Crippen molar-refractivity contribution in [3.05, 3.63) is 0 Å². The molecule has 0 aromatic heterocycles. The van der Waals surface area contributed by atoms with E-state index < -0.39 is 12.0 Å². The molecule has 6 heteroatoms. The first-order valence-corrected chi connectivity index (χ1v) is 7.98. The summed E-state index contributed by atoms with van der Waals surface area (Å²) < 4.78 is 0. The third kappa shape index (κ3) is 4.09. The van der Waals surface area contributed by atoms with Gasteiger partial charge in [0.15, 0.2) is 0 Å². The fourth-order valence-electron chi connectivity index (χ4n) is 3.39. The van der Waals surface area contributed by atoms with Crippen molar-refractivity contribution in [2.45, 2.75) is 39.2 Å². The summed E-state index contributed by atoms with van der Waals surface area (Å²) in [6, 6.07) is -0.918. The van der Waals surface area contributed by atoms with Crippen molar-refractivity contribution in [3.8, 4) is 0 Å². The molecule has 6 nitrogen and oxygen atoms in total. The Morgan fingerprint density at radius 1 is 1.29 bits per heavy atom. The summed E-state index contributed by atoms with van der Waals surface area (Å²) in [4.78, 5) is 27.3. The molecule has 2 amide bonds. The van der Waals surface area contributed by atoms with Gasteiger partial charge in [0.05, 0.1) is 0 Å². The summed E-state index contributed by atoms with van der Waals surface area (Å²) in [6.45, 7) is 8.46. The highest BCUT2D eigenvalue weighted by atomic mass is 16.4. The van der Waals surface area contributed by atoms with Crippen molar-refractivity contribution in [1.82, 2.24) is 15.1 Å². The van der Waals surface area contributed by atoms with Gasteiger partial charge in [0.2, 0.25) is 0 Å². The normalized spacial score (nSPS) is 27.8. The van der Waals surface area contributed by atoms with Crippen molar-refractivity contribution in [1.29, 1.82) is 0 Å². The van der Waals surface area contributed by atoms with Gasteiger partial charge in [-0.15, -0.1) is 0 Å². The molecule has 0 aliphatic carbocycles. The molecule has 0 aromatic rings. The van der Waals surface area contributed by atoms with Crippen LogP contribution in [0.4, 0.5) is 4.79 Å². The highest BCUT2D eigenvalue weighted by Crippen LogP contribution is 2.24. The molecule has 0 saturated carbocycles. The smallest absolute Gasteiger partial charge is 0.326 e. The molecule has 2 heterocycles. The van der Waals surface area contributed by atoms with Crippen LogP contribution in [0.25, 0.3) is 0 Å². The molecule has 0 radical (unpaired) electrons. The van der Waals surface area contributed by atoms with Crippen LogP contribution in [0, 0.1) is 11.8 Å². The number of likely N-dealkylation sites (tertiary alicyclic amines) is 2. The minimum Gasteiger partial charge on any atom is -0.480 e. The van der Waals surface area contributed by atoms with Gasteiger partial charge in [-0.05, 0) is 44.2 Å². The van der Waals surface area contributed by atoms with Gasteiger partial charge in [-0.25, -0.2) is 9.59 Å². The summed E-state index contributed by atoms with van der Waals surface area (Å²) >= 11 is 0. The van der Waals surface area contributed by atoms with E-state index in [0.717, 1.165) is 26.1 Å². The number of hydrogen-bond acceptors (Lipinski definition) is 3. The Morgan fingerprint density at radius 2 is 1.95 bits per heavy atom. The van der Waals surface area contributed by atoms with Gasteiger partial charge in [0.25, 0.3) is 0 Å². The quantitative estimate of drug-likeness (QED) is 0.800. The standard InChI is InChI=1S/C15H27N3O3/c1-11(10-17-6-3-4-7-17)9-16-15(21)18-8-5-12(2)13(18)14(19)20/h11-13H,3-10H2,1-2H3,(H,16,21)(H,19,20). The molecule has 2 rings (SSSR count). The predicted molar refractivity (Wildman–Crippen MR) is 80.1 cm³/mol. The summed E-state index contributed by atoms with van der Waals surface area (Å²) in [7, 11) is 0. The highest BCUT2D eigenvalue weighted by Gasteiger charge is 2.39. The molecule has 3 atom stereocenters. The maximum absolute atomic E-state index is 12.2. The van der Waals surface area contributed by atoms with Crippen LogP contribution in [0.3, 0.4) is 0 Å². The van der Waals surface area contributed by atoms with E-state index in [0.29, 0.717) is 19.0 Å². The number of carboxylic acid groups (broad SMARTS) is 1. The molecule has 0 aromatic carbocycles. The van der Waals surface area contributed by atoms with E-state index in [1.165, 1.54) is 17.7 Å². The molecular formula is C15H27N3O3. The van der Waals surface area contributed by atoms with Gasteiger partial charge in [0, 0.05) is 19.6 Å². The fourth-order valence-corrected chi connectivity index (χ4v) is 3.39. The number of carbonyl (C=O) groups is 2. The zero-order chi connectivity index (χ0) is 15.4. The van der Waals surface area contributed by atoms with Crippen LogP contribution in [0.15, 0.2) is 0 Å². The molecule has 2 N–H and O–H groups in total.